The van der Waals surface area contributed by atoms with E-state index in [0.717, 1.165) is 0 Å². The maximum Gasteiger partial charge on any atom is 0.317 e. The van der Waals surface area contributed by atoms with Crippen LogP contribution in [-0.4, -0.2) is 87.4 Å². The standard InChI is InChI=1S/C23H35N3O6S/c1-16(2)24-23(28)25(5)14-21-17(3)13-26(18(4)15-27)33(29,30)22-10-9-19(8-7-11-31-6)12-20(22)32-21/h9-10,12,16-18,21,27H,11,13-15H2,1-6H3,(H,24,28)/t17-,18+,21+/m1/s1. The number of aliphatic hydroxyl groups excluding tert-OH is 1. The van der Waals surface area contributed by atoms with E-state index in [9.17, 15) is 18.3 Å². The van der Waals surface area contributed by atoms with Crippen molar-refractivity contribution in [3.05, 3.63) is 23.8 Å². The average molecular weight is 482 g/mol. The van der Waals surface area contributed by atoms with Gasteiger partial charge < -0.3 is 24.8 Å². The second-order valence-corrected chi connectivity index (χ2v) is 10.5. The maximum absolute atomic E-state index is 13.5. The average Bonchev–Trinajstić information content (AvgIpc) is 2.75. The number of likely N-dealkylation sites (N-methyl/N-ethyl adjacent to an activating group) is 1. The SMILES string of the molecule is COCC#Cc1ccc2c(c1)O[C@@H](CN(C)C(=O)NC(C)C)[C@H](C)CN([C@@H](C)CO)S2(=O)=O. The van der Waals surface area contributed by atoms with Crippen LogP contribution in [0.15, 0.2) is 23.1 Å². The summed E-state index contributed by atoms with van der Waals surface area (Å²) in [7, 11) is -0.717. The van der Waals surface area contributed by atoms with Crippen LogP contribution < -0.4 is 10.1 Å². The number of carbonyl (C=O) groups excluding carboxylic acids is 1. The van der Waals surface area contributed by atoms with Gasteiger partial charge in [-0.05, 0) is 39.0 Å². The lowest BCUT2D eigenvalue weighted by atomic mass is 10.0. The molecule has 0 aromatic heterocycles. The van der Waals surface area contributed by atoms with Crippen molar-refractivity contribution in [2.24, 2.45) is 5.92 Å². The van der Waals surface area contributed by atoms with E-state index in [1.807, 2.05) is 20.8 Å². The Balaban J connectivity index is 2.50. The number of methoxy groups -OCH3 is 1. The molecule has 0 bridgehead atoms. The maximum atomic E-state index is 13.5. The van der Waals surface area contributed by atoms with E-state index in [0.29, 0.717) is 5.56 Å². The zero-order valence-corrected chi connectivity index (χ0v) is 21.0. The first-order valence-corrected chi connectivity index (χ1v) is 12.4. The Morgan fingerprint density at radius 1 is 1.39 bits per heavy atom. The summed E-state index contributed by atoms with van der Waals surface area (Å²) in [5.74, 6) is 5.68. The van der Waals surface area contributed by atoms with Crippen molar-refractivity contribution in [2.75, 3.05) is 40.5 Å². The third-order valence-electron chi connectivity index (χ3n) is 5.33. The van der Waals surface area contributed by atoms with Crippen LogP contribution in [0.5, 0.6) is 5.75 Å². The molecule has 0 spiro atoms. The Morgan fingerprint density at radius 3 is 2.70 bits per heavy atom. The molecule has 0 radical (unpaired) electrons. The van der Waals surface area contributed by atoms with E-state index in [1.165, 1.54) is 15.3 Å². The van der Waals surface area contributed by atoms with Crippen LogP contribution in [0, 0.1) is 17.8 Å². The van der Waals surface area contributed by atoms with Crippen molar-refractivity contribution < 1.29 is 27.8 Å². The van der Waals surface area contributed by atoms with Crippen LogP contribution >= 0.6 is 0 Å². The molecule has 1 aliphatic heterocycles. The Morgan fingerprint density at radius 2 is 2.09 bits per heavy atom. The fraction of sp³-hybridized carbons (Fsp3) is 0.609. The largest absolute Gasteiger partial charge is 0.487 e. The molecule has 0 fully saturated rings. The number of aliphatic hydroxyl groups is 1. The second kappa shape index (κ2) is 11.7. The minimum absolute atomic E-state index is 0.00581. The first kappa shape index (κ1) is 26.9. The molecule has 1 aliphatic rings. The van der Waals surface area contributed by atoms with Gasteiger partial charge in [-0.15, -0.1) is 0 Å². The van der Waals surface area contributed by atoms with Gasteiger partial charge in [0.25, 0.3) is 0 Å². The van der Waals surface area contributed by atoms with Crippen LogP contribution in [0.2, 0.25) is 0 Å². The van der Waals surface area contributed by atoms with Gasteiger partial charge in [-0.3, -0.25) is 0 Å². The number of sulfonamides is 1. The van der Waals surface area contributed by atoms with E-state index in [2.05, 4.69) is 17.2 Å². The molecule has 184 valence electrons. The number of carbonyl (C=O) groups is 1. The van der Waals surface area contributed by atoms with Crippen molar-refractivity contribution in [3.8, 4) is 17.6 Å². The Labute approximate surface area is 197 Å². The fourth-order valence-electron chi connectivity index (χ4n) is 3.44. The van der Waals surface area contributed by atoms with Crippen molar-refractivity contribution in [1.29, 1.82) is 0 Å². The van der Waals surface area contributed by atoms with E-state index >= 15 is 0 Å². The zero-order valence-electron chi connectivity index (χ0n) is 20.2. The number of urea groups is 1. The van der Waals surface area contributed by atoms with Gasteiger partial charge in [0.2, 0.25) is 10.0 Å². The number of amides is 2. The lowest BCUT2D eigenvalue weighted by molar-refractivity contribution is 0.0809. The summed E-state index contributed by atoms with van der Waals surface area (Å²) in [6, 6.07) is 3.81. The summed E-state index contributed by atoms with van der Waals surface area (Å²) in [6.07, 6.45) is -0.488. The summed E-state index contributed by atoms with van der Waals surface area (Å²) in [4.78, 5) is 14.0. The van der Waals surface area contributed by atoms with Gasteiger partial charge in [0.1, 0.15) is 23.4 Å². The highest BCUT2D eigenvalue weighted by atomic mass is 32.2. The van der Waals surface area contributed by atoms with Crippen LogP contribution in [0.25, 0.3) is 0 Å². The molecule has 33 heavy (non-hydrogen) atoms. The van der Waals surface area contributed by atoms with E-state index in [-0.39, 0.29) is 54.9 Å². The van der Waals surface area contributed by atoms with Crippen LogP contribution in [0.4, 0.5) is 4.79 Å². The van der Waals surface area contributed by atoms with Crippen LogP contribution in [-0.2, 0) is 14.8 Å². The van der Waals surface area contributed by atoms with E-state index in [1.54, 1.807) is 33.2 Å². The number of rotatable bonds is 6. The van der Waals surface area contributed by atoms with E-state index < -0.39 is 22.2 Å². The summed E-state index contributed by atoms with van der Waals surface area (Å²) >= 11 is 0. The monoisotopic (exact) mass is 481 g/mol. The zero-order chi connectivity index (χ0) is 24.8. The van der Waals surface area contributed by atoms with Crippen LogP contribution in [0.1, 0.15) is 33.3 Å². The Kier molecular flexibility index (Phi) is 9.55. The Hall–Kier alpha value is -2.32. The molecule has 2 N–H and O–H groups in total. The molecule has 1 heterocycles. The highest BCUT2D eigenvalue weighted by Gasteiger charge is 2.38. The van der Waals surface area contributed by atoms with Crippen LogP contribution in [0.3, 0.4) is 0 Å². The molecule has 2 amide bonds. The van der Waals surface area contributed by atoms with Crippen molar-refractivity contribution in [1.82, 2.24) is 14.5 Å². The lowest BCUT2D eigenvalue weighted by Crippen LogP contribution is -2.51. The molecule has 2 rings (SSSR count). The van der Waals surface area contributed by atoms with Gasteiger partial charge in [-0.25, -0.2) is 13.2 Å². The minimum atomic E-state index is -3.93. The molecular formula is C23H35N3O6S. The number of nitrogens with one attached hydrogen (secondary N) is 1. The highest BCUT2D eigenvalue weighted by molar-refractivity contribution is 7.89. The summed E-state index contributed by atoms with van der Waals surface area (Å²) < 4.78 is 39.4. The molecule has 1 aromatic carbocycles. The fourth-order valence-corrected chi connectivity index (χ4v) is 5.27. The third kappa shape index (κ3) is 6.84. The topological polar surface area (TPSA) is 108 Å². The first-order chi connectivity index (χ1) is 15.5. The van der Waals surface area contributed by atoms with Crippen molar-refractivity contribution >= 4 is 16.1 Å². The molecule has 1 aromatic rings. The number of nitrogens with zero attached hydrogens (tertiary/aromatic N) is 2. The highest BCUT2D eigenvalue weighted by Crippen LogP contribution is 2.34. The smallest absolute Gasteiger partial charge is 0.317 e. The van der Waals surface area contributed by atoms with Crippen molar-refractivity contribution in [3.63, 3.8) is 0 Å². The Bertz CT molecular complexity index is 986. The number of hydrogen-bond acceptors (Lipinski definition) is 6. The quantitative estimate of drug-likeness (QED) is 0.596. The summed E-state index contributed by atoms with van der Waals surface area (Å²) in [6.45, 7) is 7.61. The van der Waals surface area contributed by atoms with Gasteiger partial charge in [-0.2, -0.15) is 4.31 Å². The van der Waals surface area contributed by atoms with Gasteiger partial charge in [-0.1, -0.05) is 18.8 Å². The molecule has 0 saturated carbocycles. The first-order valence-electron chi connectivity index (χ1n) is 10.9. The molecule has 10 heteroatoms. The summed E-state index contributed by atoms with van der Waals surface area (Å²) in [5.41, 5.74) is 0.584. The molecule has 0 saturated heterocycles. The normalized spacial score (nSPS) is 21.0. The minimum Gasteiger partial charge on any atom is -0.487 e. The molecule has 0 aliphatic carbocycles. The lowest BCUT2D eigenvalue weighted by Gasteiger charge is -2.37. The number of ether oxygens (including phenoxy) is 2. The summed E-state index contributed by atoms with van der Waals surface area (Å²) in [5, 5.41) is 12.6. The van der Waals surface area contributed by atoms with E-state index in [4.69, 9.17) is 9.47 Å². The molecule has 9 nitrogen and oxygen atoms in total. The van der Waals surface area contributed by atoms with Gasteiger partial charge in [0.15, 0.2) is 0 Å². The van der Waals surface area contributed by atoms with Crippen molar-refractivity contribution in [2.45, 2.75) is 50.8 Å². The number of benzene rings is 1. The van der Waals surface area contributed by atoms with Gasteiger partial charge >= 0.3 is 6.03 Å². The third-order valence-corrected chi connectivity index (χ3v) is 7.35. The van der Waals surface area contributed by atoms with Gasteiger partial charge in [0, 0.05) is 44.3 Å². The molecular weight excluding hydrogens is 446 g/mol. The van der Waals surface area contributed by atoms with Gasteiger partial charge in [0.05, 0.1) is 13.2 Å². The predicted octanol–water partition coefficient (Wildman–Crippen LogP) is 1.50. The number of hydrogen-bond donors (Lipinski definition) is 2. The molecule has 0 unspecified atom stereocenters. The second-order valence-electron chi connectivity index (χ2n) is 8.62. The number of fused-ring (bicyclic) bond motifs is 1. The predicted molar refractivity (Wildman–Crippen MR) is 126 cm³/mol. The molecule has 3 atom stereocenters.